The van der Waals surface area contributed by atoms with E-state index in [2.05, 4.69) is 10.2 Å². The molecular formula is C15H20N4O5S. The van der Waals surface area contributed by atoms with E-state index in [1.54, 1.807) is 12.1 Å². The molecule has 1 heterocycles. The lowest BCUT2D eigenvalue weighted by Gasteiger charge is -2.15. The highest BCUT2D eigenvalue weighted by molar-refractivity contribution is 7.99. The summed E-state index contributed by atoms with van der Waals surface area (Å²) in [4.78, 5) is 10.6. The standard InChI is InChI=1S/C15H20N4O5S/c1-4-24-13-10(22-2)7-9(8-11(13)23-3)14-17-18-15(19(14)16)25-6-5-12(20)21/h7-8H,4-6,16H2,1-3H3,(H,20,21). The number of aliphatic carboxylic acids is 1. The fraction of sp³-hybridized carbons (Fsp3) is 0.400. The molecule has 2 aromatic rings. The van der Waals surface area contributed by atoms with Crippen molar-refractivity contribution in [3.63, 3.8) is 0 Å². The Kier molecular flexibility index (Phi) is 6.34. The van der Waals surface area contributed by atoms with Crippen LogP contribution in [-0.2, 0) is 4.79 Å². The lowest BCUT2D eigenvalue weighted by atomic mass is 10.1. The summed E-state index contributed by atoms with van der Waals surface area (Å²) in [5.74, 6) is 7.38. The second kappa shape index (κ2) is 8.47. The maximum atomic E-state index is 10.6. The number of carboxylic acids is 1. The van der Waals surface area contributed by atoms with Crippen molar-refractivity contribution in [1.29, 1.82) is 0 Å². The van der Waals surface area contributed by atoms with Crippen molar-refractivity contribution in [2.75, 3.05) is 32.4 Å². The van der Waals surface area contributed by atoms with Crippen LogP contribution in [0.2, 0.25) is 0 Å². The summed E-state index contributed by atoms with van der Waals surface area (Å²) in [5, 5.41) is 17.2. The van der Waals surface area contributed by atoms with Gasteiger partial charge in [0.25, 0.3) is 0 Å². The molecule has 136 valence electrons. The van der Waals surface area contributed by atoms with Crippen LogP contribution in [0.25, 0.3) is 11.4 Å². The van der Waals surface area contributed by atoms with Crippen molar-refractivity contribution in [2.24, 2.45) is 0 Å². The first-order valence-electron chi connectivity index (χ1n) is 7.46. The highest BCUT2D eigenvalue weighted by Gasteiger charge is 2.19. The Hall–Kier alpha value is -2.62. The van der Waals surface area contributed by atoms with Gasteiger partial charge in [-0.3, -0.25) is 4.79 Å². The van der Waals surface area contributed by atoms with Gasteiger partial charge in [-0.2, -0.15) is 0 Å². The van der Waals surface area contributed by atoms with Crippen molar-refractivity contribution >= 4 is 17.7 Å². The average Bonchev–Trinajstić information content (AvgIpc) is 2.96. The summed E-state index contributed by atoms with van der Waals surface area (Å²) in [7, 11) is 3.06. The van der Waals surface area contributed by atoms with Crippen LogP contribution in [0, 0.1) is 0 Å². The number of nitrogen functional groups attached to an aromatic ring is 1. The second-order valence-electron chi connectivity index (χ2n) is 4.81. The Morgan fingerprint density at radius 1 is 1.28 bits per heavy atom. The number of nitrogens with zero attached hydrogens (tertiary/aromatic N) is 3. The van der Waals surface area contributed by atoms with Gasteiger partial charge in [-0.25, -0.2) is 4.68 Å². The molecule has 0 atom stereocenters. The normalized spacial score (nSPS) is 10.5. The molecule has 0 bridgehead atoms. The molecule has 0 spiro atoms. The largest absolute Gasteiger partial charge is 0.493 e. The number of carboxylic acid groups (broad SMARTS) is 1. The molecular weight excluding hydrogens is 348 g/mol. The molecule has 0 unspecified atom stereocenters. The van der Waals surface area contributed by atoms with Crippen molar-refractivity contribution in [3.8, 4) is 28.6 Å². The molecule has 25 heavy (non-hydrogen) atoms. The minimum absolute atomic E-state index is 0.0115. The van der Waals surface area contributed by atoms with Crippen molar-refractivity contribution < 1.29 is 24.1 Å². The number of nitrogens with two attached hydrogens (primary N) is 1. The molecule has 0 amide bonds. The van der Waals surface area contributed by atoms with E-state index in [9.17, 15) is 4.79 Å². The van der Waals surface area contributed by atoms with Gasteiger partial charge in [0.15, 0.2) is 17.3 Å². The van der Waals surface area contributed by atoms with Crippen molar-refractivity contribution in [2.45, 2.75) is 18.5 Å². The SMILES string of the molecule is CCOc1c(OC)cc(-c2nnc(SCCC(=O)O)n2N)cc1OC. The number of hydrogen-bond donors (Lipinski definition) is 2. The number of rotatable bonds is 9. The molecule has 10 heteroatoms. The highest BCUT2D eigenvalue weighted by atomic mass is 32.2. The lowest BCUT2D eigenvalue weighted by molar-refractivity contribution is -0.136. The molecule has 0 aliphatic heterocycles. The second-order valence-corrected chi connectivity index (χ2v) is 5.87. The van der Waals surface area contributed by atoms with E-state index in [1.807, 2.05) is 6.92 Å². The molecule has 1 aromatic heterocycles. The Morgan fingerprint density at radius 2 is 1.92 bits per heavy atom. The van der Waals surface area contributed by atoms with E-state index >= 15 is 0 Å². The number of carbonyl (C=O) groups is 1. The zero-order valence-electron chi connectivity index (χ0n) is 14.2. The summed E-state index contributed by atoms with van der Waals surface area (Å²) in [5.41, 5.74) is 0.636. The third-order valence-corrected chi connectivity index (χ3v) is 4.16. The van der Waals surface area contributed by atoms with Gasteiger partial charge in [-0.1, -0.05) is 11.8 Å². The zero-order valence-corrected chi connectivity index (χ0v) is 15.0. The van der Waals surface area contributed by atoms with Gasteiger partial charge in [0.2, 0.25) is 10.9 Å². The molecule has 0 fully saturated rings. The van der Waals surface area contributed by atoms with Crippen LogP contribution in [0.1, 0.15) is 13.3 Å². The number of hydrogen-bond acceptors (Lipinski definition) is 8. The Bertz CT molecular complexity index is 725. The molecule has 9 nitrogen and oxygen atoms in total. The smallest absolute Gasteiger partial charge is 0.304 e. The molecule has 0 saturated heterocycles. The Labute approximate surface area is 149 Å². The first kappa shape index (κ1) is 18.7. The third kappa shape index (κ3) is 4.27. The minimum atomic E-state index is -0.878. The van der Waals surface area contributed by atoms with E-state index in [1.165, 1.54) is 30.7 Å². The van der Waals surface area contributed by atoms with Gasteiger partial charge < -0.3 is 25.2 Å². The Morgan fingerprint density at radius 3 is 2.44 bits per heavy atom. The minimum Gasteiger partial charge on any atom is -0.493 e. The van der Waals surface area contributed by atoms with Crippen molar-refractivity contribution in [1.82, 2.24) is 14.9 Å². The number of methoxy groups -OCH3 is 2. The van der Waals surface area contributed by atoms with Crippen LogP contribution < -0.4 is 20.1 Å². The fourth-order valence-electron chi connectivity index (χ4n) is 2.10. The quantitative estimate of drug-likeness (QED) is 0.502. The first-order chi connectivity index (χ1) is 12.0. The monoisotopic (exact) mass is 368 g/mol. The van der Waals surface area contributed by atoms with Crippen LogP contribution in [0.15, 0.2) is 17.3 Å². The van der Waals surface area contributed by atoms with Crippen LogP contribution in [0.5, 0.6) is 17.2 Å². The molecule has 0 saturated carbocycles. The first-order valence-corrected chi connectivity index (χ1v) is 8.44. The van der Waals surface area contributed by atoms with E-state index in [0.29, 0.717) is 46.2 Å². The summed E-state index contributed by atoms with van der Waals surface area (Å²) < 4.78 is 17.6. The summed E-state index contributed by atoms with van der Waals surface area (Å²) in [6, 6.07) is 3.46. The van der Waals surface area contributed by atoms with Gasteiger partial charge in [0, 0.05) is 11.3 Å². The zero-order chi connectivity index (χ0) is 18.4. The maximum Gasteiger partial charge on any atom is 0.304 e. The molecule has 3 N–H and O–H groups in total. The summed E-state index contributed by atoms with van der Waals surface area (Å²) >= 11 is 1.22. The molecule has 0 radical (unpaired) electrons. The number of benzene rings is 1. The molecule has 1 aromatic carbocycles. The number of ether oxygens (including phenoxy) is 3. The summed E-state index contributed by atoms with van der Waals surface area (Å²) in [6.07, 6.45) is 0.0115. The van der Waals surface area contributed by atoms with E-state index in [4.69, 9.17) is 25.2 Å². The number of aromatic nitrogens is 3. The van der Waals surface area contributed by atoms with Gasteiger partial charge in [-0.15, -0.1) is 10.2 Å². The number of thioether (sulfide) groups is 1. The summed E-state index contributed by atoms with van der Waals surface area (Å²) in [6.45, 7) is 2.33. The highest BCUT2D eigenvalue weighted by Crippen LogP contribution is 2.41. The predicted octanol–water partition coefficient (Wildman–Crippen LogP) is 1.64. The van der Waals surface area contributed by atoms with Crippen LogP contribution in [0.3, 0.4) is 0 Å². The maximum absolute atomic E-state index is 10.6. The van der Waals surface area contributed by atoms with E-state index < -0.39 is 5.97 Å². The Balaban J connectivity index is 2.35. The third-order valence-electron chi connectivity index (χ3n) is 3.22. The van der Waals surface area contributed by atoms with Gasteiger partial charge in [0.05, 0.1) is 27.2 Å². The fourth-order valence-corrected chi connectivity index (χ4v) is 2.88. The van der Waals surface area contributed by atoms with E-state index in [-0.39, 0.29) is 6.42 Å². The van der Waals surface area contributed by atoms with Crippen LogP contribution in [0.4, 0.5) is 0 Å². The van der Waals surface area contributed by atoms with Crippen LogP contribution >= 0.6 is 11.8 Å². The van der Waals surface area contributed by atoms with Gasteiger partial charge >= 0.3 is 5.97 Å². The van der Waals surface area contributed by atoms with Crippen molar-refractivity contribution in [3.05, 3.63) is 12.1 Å². The average molecular weight is 368 g/mol. The molecule has 0 aliphatic carbocycles. The van der Waals surface area contributed by atoms with Gasteiger partial charge in [0.1, 0.15) is 0 Å². The van der Waals surface area contributed by atoms with Crippen LogP contribution in [-0.4, -0.2) is 52.5 Å². The predicted molar refractivity (Wildman–Crippen MR) is 92.9 cm³/mol. The molecule has 2 rings (SSSR count). The molecule has 0 aliphatic rings. The van der Waals surface area contributed by atoms with E-state index in [0.717, 1.165) is 0 Å². The lowest BCUT2D eigenvalue weighted by Crippen LogP contribution is -2.12. The topological polar surface area (TPSA) is 122 Å². The van der Waals surface area contributed by atoms with Gasteiger partial charge in [-0.05, 0) is 19.1 Å².